The number of rotatable bonds is 8. The van der Waals surface area contributed by atoms with Gasteiger partial charge in [-0.25, -0.2) is 4.98 Å². The molecule has 1 aromatic heterocycles. The molecule has 2 rings (SSSR count). The lowest BCUT2D eigenvalue weighted by Crippen LogP contribution is -2.46. The van der Waals surface area contributed by atoms with Crippen LogP contribution in [-0.4, -0.2) is 31.9 Å². The van der Waals surface area contributed by atoms with E-state index in [4.69, 9.17) is 0 Å². The Bertz CT molecular complexity index is 508. The molecule has 1 heterocycles. The number of aryl methyl sites for hydroxylation is 1. The van der Waals surface area contributed by atoms with Gasteiger partial charge in [0, 0.05) is 12.0 Å². The van der Waals surface area contributed by atoms with Crippen molar-refractivity contribution in [1.82, 2.24) is 20.5 Å². The summed E-state index contributed by atoms with van der Waals surface area (Å²) in [6.45, 7) is 8.05. The first kappa shape index (κ1) is 18.3. The molecule has 23 heavy (non-hydrogen) atoms. The lowest BCUT2D eigenvalue weighted by Gasteiger charge is -2.26. The highest BCUT2D eigenvalue weighted by molar-refractivity contribution is 8.00. The number of nitrogens with one attached hydrogen (secondary N) is 2. The zero-order valence-electron chi connectivity index (χ0n) is 14.8. The van der Waals surface area contributed by atoms with Gasteiger partial charge in [-0.05, 0) is 39.5 Å². The van der Waals surface area contributed by atoms with Crippen molar-refractivity contribution in [2.75, 3.05) is 0 Å². The van der Waals surface area contributed by atoms with Gasteiger partial charge in [-0.2, -0.15) is 0 Å². The van der Waals surface area contributed by atoms with Crippen LogP contribution in [0.15, 0.2) is 5.16 Å². The molecule has 1 aromatic rings. The number of aromatic nitrogens is 3. The SMILES string of the molecule is CCC(C)(C)NC(=O)C(C)Sc1n[nH]c(CCC2CCCC2)n1. The Morgan fingerprint density at radius 1 is 1.43 bits per heavy atom. The standard InChI is InChI=1S/C17H30N4OS/c1-5-17(3,4)19-15(22)12(2)23-16-18-14(20-21-16)11-10-13-8-6-7-9-13/h12-13H,5-11H2,1-4H3,(H,19,22)(H,18,20,21). The summed E-state index contributed by atoms with van der Waals surface area (Å²) in [5.74, 6) is 1.84. The second-order valence-electron chi connectivity index (χ2n) is 7.24. The van der Waals surface area contributed by atoms with Gasteiger partial charge in [0.25, 0.3) is 0 Å². The number of carbonyl (C=O) groups excluding carboxylic acids is 1. The molecular formula is C17H30N4OS. The molecule has 1 amide bonds. The summed E-state index contributed by atoms with van der Waals surface area (Å²) in [5.41, 5.74) is -0.169. The Morgan fingerprint density at radius 3 is 2.78 bits per heavy atom. The highest BCUT2D eigenvalue weighted by Gasteiger charge is 2.23. The Labute approximate surface area is 143 Å². The maximum Gasteiger partial charge on any atom is 0.233 e. The van der Waals surface area contributed by atoms with Gasteiger partial charge in [-0.15, -0.1) is 5.10 Å². The van der Waals surface area contributed by atoms with Crippen molar-refractivity contribution in [1.29, 1.82) is 0 Å². The molecule has 0 spiro atoms. The third-order valence-electron chi connectivity index (χ3n) is 4.77. The lowest BCUT2D eigenvalue weighted by atomic mass is 10.0. The Kier molecular flexibility index (Phi) is 6.50. The van der Waals surface area contributed by atoms with Crippen LogP contribution in [0.5, 0.6) is 0 Å². The van der Waals surface area contributed by atoms with E-state index in [0.29, 0.717) is 5.16 Å². The quantitative estimate of drug-likeness (QED) is 0.709. The zero-order valence-corrected chi connectivity index (χ0v) is 15.6. The van der Waals surface area contributed by atoms with E-state index in [1.165, 1.54) is 43.9 Å². The fraction of sp³-hybridized carbons (Fsp3) is 0.824. The van der Waals surface area contributed by atoms with Crippen molar-refractivity contribution >= 4 is 17.7 Å². The Hall–Kier alpha value is -1.04. The van der Waals surface area contributed by atoms with Gasteiger partial charge in [0.15, 0.2) is 0 Å². The molecule has 6 heteroatoms. The summed E-state index contributed by atoms with van der Waals surface area (Å²) in [4.78, 5) is 16.8. The van der Waals surface area contributed by atoms with Crippen LogP contribution in [-0.2, 0) is 11.2 Å². The number of hydrogen-bond donors (Lipinski definition) is 2. The normalized spacial score (nSPS) is 17.4. The van der Waals surface area contributed by atoms with Gasteiger partial charge in [-0.1, -0.05) is 44.4 Å². The van der Waals surface area contributed by atoms with Crippen molar-refractivity contribution < 1.29 is 4.79 Å². The number of hydrogen-bond acceptors (Lipinski definition) is 4. The van der Waals surface area contributed by atoms with Gasteiger partial charge in [0.05, 0.1) is 5.25 Å². The minimum absolute atomic E-state index is 0.0409. The van der Waals surface area contributed by atoms with Gasteiger partial charge in [0.2, 0.25) is 11.1 Å². The monoisotopic (exact) mass is 338 g/mol. The molecule has 5 nitrogen and oxygen atoms in total. The summed E-state index contributed by atoms with van der Waals surface area (Å²) in [6, 6.07) is 0. The first-order chi connectivity index (χ1) is 10.9. The van der Waals surface area contributed by atoms with Crippen LogP contribution in [0.1, 0.15) is 72.0 Å². The number of amides is 1. The predicted octanol–water partition coefficient (Wildman–Crippen LogP) is 3.71. The smallest absolute Gasteiger partial charge is 0.233 e. The van der Waals surface area contributed by atoms with Crippen LogP contribution in [0.3, 0.4) is 0 Å². The molecule has 1 saturated carbocycles. The molecule has 1 aliphatic rings. The molecule has 0 aromatic carbocycles. The largest absolute Gasteiger partial charge is 0.350 e. The third kappa shape index (κ3) is 5.83. The molecule has 1 unspecified atom stereocenters. The van der Waals surface area contributed by atoms with Gasteiger partial charge >= 0.3 is 0 Å². The van der Waals surface area contributed by atoms with E-state index in [9.17, 15) is 4.79 Å². The van der Waals surface area contributed by atoms with Crippen molar-refractivity contribution in [3.05, 3.63) is 5.82 Å². The molecule has 1 aliphatic carbocycles. The van der Waals surface area contributed by atoms with Crippen molar-refractivity contribution in [2.24, 2.45) is 5.92 Å². The van der Waals surface area contributed by atoms with Gasteiger partial charge in [0.1, 0.15) is 5.82 Å². The summed E-state index contributed by atoms with van der Waals surface area (Å²) < 4.78 is 0. The number of aromatic amines is 1. The van der Waals surface area contributed by atoms with Crippen LogP contribution in [0.25, 0.3) is 0 Å². The minimum atomic E-state index is -0.195. The molecule has 0 saturated heterocycles. The average Bonchev–Trinajstić information content (AvgIpc) is 3.16. The molecule has 130 valence electrons. The van der Waals surface area contributed by atoms with Gasteiger partial charge < -0.3 is 5.32 Å². The molecule has 2 N–H and O–H groups in total. The van der Waals surface area contributed by atoms with E-state index in [1.54, 1.807) is 0 Å². The van der Waals surface area contributed by atoms with Crippen LogP contribution >= 0.6 is 11.8 Å². The fourth-order valence-electron chi connectivity index (χ4n) is 2.82. The van der Waals surface area contributed by atoms with Gasteiger partial charge in [-0.3, -0.25) is 9.89 Å². The number of thioether (sulfide) groups is 1. The van der Waals surface area contributed by atoms with E-state index in [-0.39, 0.29) is 16.7 Å². The second-order valence-corrected chi connectivity index (χ2v) is 8.55. The number of carbonyl (C=O) groups is 1. The maximum absolute atomic E-state index is 12.2. The molecule has 0 radical (unpaired) electrons. The van der Waals surface area contributed by atoms with E-state index in [1.807, 2.05) is 20.8 Å². The Morgan fingerprint density at radius 2 is 2.13 bits per heavy atom. The average molecular weight is 339 g/mol. The minimum Gasteiger partial charge on any atom is -0.350 e. The van der Waals surface area contributed by atoms with Crippen molar-refractivity contribution in [3.8, 4) is 0 Å². The highest BCUT2D eigenvalue weighted by atomic mass is 32.2. The first-order valence-corrected chi connectivity index (χ1v) is 9.67. The summed E-state index contributed by atoms with van der Waals surface area (Å²) in [7, 11) is 0. The van der Waals surface area contributed by atoms with Crippen LogP contribution in [0.4, 0.5) is 0 Å². The highest BCUT2D eigenvalue weighted by Crippen LogP contribution is 2.28. The van der Waals surface area contributed by atoms with E-state index in [0.717, 1.165) is 24.6 Å². The van der Waals surface area contributed by atoms with Crippen molar-refractivity contribution in [3.63, 3.8) is 0 Å². The fourth-order valence-corrected chi connectivity index (χ4v) is 3.56. The summed E-state index contributed by atoms with van der Waals surface area (Å²) in [5, 5.41) is 10.8. The van der Waals surface area contributed by atoms with Crippen LogP contribution in [0, 0.1) is 5.92 Å². The maximum atomic E-state index is 12.2. The lowest BCUT2D eigenvalue weighted by molar-refractivity contribution is -0.121. The predicted molar refractivity (Wildman–Crippen MR) is 94.5 cm³/mol. The molecule has 1 atom stereocenters. The molecule has 0 aliphatic heterocycles. The van der Waals surface area contributed by atoms with E-state index in [2.05, 4.69) is 27.4 Å². The third-order valence-corrected chi connectivity index (χ3v) is 5.73. The molecule has 1 fully saturated rings. The van der Waals surface area contributed by atoms with E-state index < -0.39 is 0 Å². The summed E-state index contributed by atoms with van der Waals surface area (Å²) >= 11 is 1.42. The topological polar surface area (TPSA) is 70.7 Å². The second kappa shape index (κ2) is 8.18. The van der Waals surface area contributed by atoms with Crippen LogP contribution in [0.2, 0.25) is 0 Å². The number of nitrogens with zero attached hydrogens (tertiary/aromatic N) is 2. The zero-order chi connectivity index (χ0) is 16.9. The number of H-pyrrole nitrogens is 1. The molecular weight excluding hydrogens is 308 g/mol. The van der Waals surface area contributed by atoms with Crippen LogP contribution < -0.4 is 5.32 Å². The summed E-state index contributed by atoms with van der Waals surface area (Å²) in [6.07, 6.45) is 8.54. The first-order valence-electron chi connectivity index (χ1n) is 8.79. The molecule has 0 bridgehead atoms. The Balaban J connectivity index is 1.79. The van der Waals surface area contributed by atoms with Crippen molar-refractivity contribution in [2.45, 2.75) is 88.6 Å². The van der Waals surface area contributed by atoms with E-state index >= 15 is 0 Å².